The molecule has 96 valence electrons. The molecule has 6 heteroatoms. The van der Waals surface area contributed by atoms with E-state index in [4.69, 9.17) is 9.47 Å². The fraction of sp³-hybridized carbons (Fsp3) is 1.00. The molecule has 0 aromatic heterocycles. The molecule has 1 saturated heterocycles. The van der Waals surface area contributed by atoms with Crippen LogP contribution in [0, 0.1) is 5.92 Å². The maximum atomic E-state index is 11.7. The van der Waals surface area contributed by atoms with Crippen LogP contribution in [0.2, 0.25) is 0 Å². The van der Waals surface area contributed by atoms with Crippen LogP contribution in [0.5, 0.6) is 0 Å². The second kappa shape index (κ2) is 7.09. The average Bonchev–Trinajstić information content (AvgIpc) is 2.67. The van der Waals surface area contributed by atoms with E-state index < -0.39 is 12.6 Å². The molecule has 0 aliphatic carbocycles. The minimum atomic E-state index is -4.12. The van der Waals surface area contributed by atoms with Crippen molar-refractivity contribution in [3.63, 3.8) is 0 Å². The summed E-state index contributed by atoms with van der Waals surface area (Å²) in [4.78, 5) is 0. The van der Waals surface area contributed by atoms with Gasteiger partial charge in [-0.15, -0.1) is 0 Å². The first-order valence-electron chi connectivity index (χ1n) is 5.51. The monoisotopic (exact) mass is 241 g/mol. The van der Waals surface area contributed by atoms with Gasteiger partial charge in [0.05, 0.1) is 26.2 Å². The first-order valence-corrected chi connectivity index (χ1v) is 5.51. The Morgan fingerprint density at radius 1 is 1.31 bits per heavy atom. The predicted molar refractivity (Wildman–Crippen MR) is 53.3 cm³/mol. The van der Waals surface area contributed by atoms with E-state index in [1.807, 2.05) is 0 Å². The maximum absolute atomic E-state index is 11.7. The van der Waals surface area contributed by atoms with Gasteiger partial charge in [-0.05, 0) is 12.3 Å². The zero-order valence-electron chi connectivity index (χ0n) is 9.18. The highest BCUT2D eigenvalue weighted by Gasteiger charge is 2.26. The zero-order chi connectivity index (χ0) is 11.9. The van der Waals surface area contributed by atoms with E-state index in [0.717, 1.165) is 26.2 Å². The van der Waals surface area contributed by atoms with E-state index in [1.165, 1.54) is 0 Å². The van der Waals surface area contributed by atoms with Crippen molar-refractivity contribution < 1.29 is 22.6 Å². The molecule has 1 N–H and O–H groups in total. The highest BCUT2D eigenvalue weighted by atomic mass is 19.4. The molecule has 1 aliphatic heterocycles. The van der Waals surface area contributed by atoms with Gasteiger partial charge in [0, 0.05) is 19.7 Å². The zero-order valence-corrected chi connectivity index (χ0v) is 9.18. The Hall–Kier alpha value is -0.330. The van der Waals surface area contributed by atoms with E-state index >= 15 is 0 Å². The first-order chi connectivity index (χ1) is 7.58. The Balaban J connectivity index is 1.81. The van der Waals surface area contributed by atoms with Crippen molar-refractivity contribution in [2.24, 2.45) is 5.92 Å². The lowest BCUT2D eigenvalue weighted by molar-refractivity contribution is -0.145. The van der Waals surface area contributed by atoms with Crippen LogP contribution >= 0.6 is 0 Å². The molecule has 0 aromatic carbocycles. The Labute approximate surface area is 93.3 Å². The van der Waals surface area contributed by atoms with E-state index in [0.29, 0.717) is 19.1 Å². The molecule has 1 heterocycles. The predicted octanol–water partition coefficient (Wildman–Crippen LogP) is 1.58. The second-order valence-electron chi connectivity index (χ2n) is 3.91. The van der Waals surface area contributed by atoms with Crippen molar-refractivity contribution in [2.45, 2.75) is 19.0 Å². The lowest BCUT2D eigenvalue weighted by atomic mass is 10.1. The summed E-state index contributed by atoms with van der Waals surface area (Å²) >= 11 is 0. The topological polar surface area (TPSA) is 30.5 Å². The summed E-state index contributed by atoms with van der Waals surface area (Å²) in [7, 11) is 0. The third-order valence-electron chi connectivity index (χ3n) is 2.41. The van der Waals surface area contributed by atoms with Crippen LogP contribution in [0.4, 0.5) is 13.2 Å². The molecular formula is C10H18F3NO2. The van der Waals surface area contributed by atoms with Crippen molar-refractivity contribution in [2.75, 3.05) is 39.5 Å². The molecule has 16 heavy (non-hydrogen) atoms. The molecule has 0 saturated carbocycles. The maximum Gasteiger partial charge on any atom is 0.391 e. The van der Waals surface area contributed by atoms with Gasteiger partial charge in [-0.25, -0.2) is 0 Å². The summed E-state index contributed by atoms with van der Waals surface area (Å²) in [6, 6.07) is 0. The van der Waals surface area contributed by atoms with Crippen LogP contribution in [-0.2, 0) is 9.47 Å². The van der Waals surface area contributed by atoms with Crippen LogP contribution in [0.1, 0.15) is 12.8 Å². The molecule has 0 radical (unpaired) electrons. The third kappa shape index (κ3) is 7.03. The lowest BCUT2D eigenvalue weighted by Gasteiger charge is -2.10. The summed E-state index contributed by atoms with van der Waals surface area (Å²) in [6.45, 7) is 3.11. The fourth-order valence-corrected chi connectivity index (χ4v) is 1.48. The van der Waals surface area contributed by atoms with Crippen LogP contribution in [0.25, 0.3) is 0 Å². The summed E-state index contributed by atoms with van der Waals surface area (Å²) in [5.41, 5.74) is 0. The van der Waals surface area contributed by atoms with Crippen LogP contribution in [0.3, 0.4) is 0 Å². The van der Waals surface area contributed by atoms with Gasteiger partial charge in [-0.2, -0.15) is 13.2 Å². The summed E-state index contributed by atoms with van der Waals surface area (Å²) in [5, 5.41) is 3.14. The van der Waals surface area contributed by atoms with Gasteiger partial charge < -0.3 is 14.8 Å². The third-order valence-corrected chi connectivity index (χ3v) is 2.41. The molecule has 0 bridgehead atoms. The molecule has 0 spiro atoms. The molecule has 0 aromatic rings. The quantitative estimate of drug-likeness (QED) is 0.686. The summed E-state index contributed by atoms with van der Waals surface area (Å²) < 4.78 is 45.2. The SMILES string of the molecule is FC(F)(F)CCOCCNCC1CCOC1. The van der Waals surface area contributed by atoms with Gasteiger partial charge in [-0.1, -0.05) is 0 Å². The largest absolute Gasteiger partial charge is 0.391 e. The highest BCUT2D eigenvalue weighted by Crippen LogP contribution is 2.18. The van der Waals surface area contributed by atoms with Gasteiger partial charge >= 0.3 is 6.18 Å². The molecule has 0 amide bonds. The van der Waals surface area contributed by atoms with Crippen molar-refractivity contribution >= 4 is 0 Å². The standard InChI is InChI=1S/C10H18F3NO2/c11-10(12,13)2-5-15-6-3-14-7-9-1-4-16-8-9/h9,14H,1-8H2. The van der Waals surface area contributed by atoms with Crippen molar-refractivity contribution in [1.82, 2.24) is 5.32 Å². The van der Waals surface area contributed by atoms with Crippen molar-refractivity contribution in [1.29, 1.82) is 0 Å². The van der Waals surface area contributed by atoms with Crippen LogP contribution in [0.15, 0.2) is 0 Å². The Bertz CT molecular complexity index is 181. The molecule has 1 aliphatic rings. The van der Waals surface area contributed by atoms with Crippen molar-refractivity contribution in [3.05, 3.63) is 0 Å². The lowest BCUT2D eigenvalue weighted by Crippen LogP contribution is -2.27. The van der Waals surface area contributed by atoms with E-state index in [9.17, 15) is 13.2 Å². The van der Waals surface area contributed by atoms with Crippen molar-refractivity contribution in [3.8, 4) is 0 Å². The van der Waals surface area contributed by atoms with Gasteiger partial charge in [0.25, 0.3) is 0 Å². The second-order valence-corrected chi connectivity index (χ2v) is 3.91. The minimum Gasteiger partial charge on any atom is -0.381 e. The minimum absolute atomic E-state index is 0.252. The molecule has 1 unspecified atom stereocenters. The number of nitrogens with one attached hydrogen (secondary N) is 1. The number of hydrogen-bond acceptors (Lipinski definition) is 3. The number of ether oxygens (including phenoxy) is 2. The average molecular weight is 241 g/mol. The first kappa shape index (κ1) is 13.7. The normalized spacial score (nSPS) is 21.6. The molecule has 1 fully saturated rings. The van der Waals surface area contributed by atoms with Gasteiger partial charge in [0.1, 0.15) is 0 Å². The number of halogens is 3. The summed E-state index contributed by atoms with van der Waals surface area (Å²) in [6.07, 6.45) is -3.93. The van der Waals surface area contributed by atoms with Crippen LogP contribution in [-0.4, -0.2) is 45.7 Å². The molecular weight excluding hydrogens is 223 g/mol. The molecule has 1 atom stereocenters. The molecule has 1 rings (SSSR count). The smallest absolute Gasteiger partial charge is 0.381 e. The summed E-state index contributed by atoms with van der Waals surface area (Å²) in [5.74, 6) is 0.537. The van der Waals surface area contributed by atoms with Gasteiger partial charge in [0.2, 0.25) is 0 Å². The number of alkyl halides is 3. The molecule has 3 nitrogen and oxygen atoms in total. The number of hydrogen-bond donors (Lipinski definition) is 1. The Kier molecular flexibility index (Phi) is 6.08. The van der Waals surface area contributed by atoms with Gasteiger partial charge in [0.15, 0.2) is 0 Å². The van der Waals surface area contributed by atoms with Crippen LogP contribution < -0.4 is 5.32 Å². The highest BCUT2D eigenvalue weighted by molar-refractivity contribution is 4.66. The number of rotatable bonds is 7. The van der Waals surface area contributed by atoms with E-state index in [1.54, 1.807) is 0 Å². The Morgan fingerprint density at radius 2 is 2.12 bits per heavy atom. The Morgan fingerprint density at radius 3 is 2.75 bits per heavy atom. The van der Waals surface area contributed by atoms with E-state index in [2.05, 4.69) is 5.32 Å². The van der Waals surface area contributed by atoms with Gasteiger partial charge in [-0.3, -0.25) is 0 Å². The van der Waals surface area contributed by atoms with E-state index in [-0.39, 0.29) is 6.61 Å². The fourth-order valence-electron chi connectivity index (χ4n) is 1.48.